The van der Waals surface area contributed by atoms with E-state index in [4.69, 9.17) is 27.8 Å². The summed E-state index contributed by atoms with van der Waals surface area (Å²) >= 11 is 5.07. The van der Waals surface area contributed by atoms with E-state index in [0.29, 0.717) is 16.9 Å². The number of carbonyl (C=O) groups is 1. The topological polar surface area (TPSA) is 136 Å². The number of nitriles is 2. The van der Waals surface area contributed by atoms with Crippen molar-refractivity contribution in [3.63, 3.8) is 0 Å². The molecule has 23 heavy (non-hydrogen) atoms. The number of aliphatic carboxylic acids is 1. The van der Waals surface area contributed by atoms with Gasteiger partial charge in [-0.1, -0.05) is 24.4 Å². The molecule has 0 amide bonds. The number of hydrogen-bond donors (Lipinski definition) is 3. The number of nitrogen functional groups attached to an aromatic ring is 1. The molecule has 0 aliphatic carbocycles. The zero-order chi connectivity index (χ0) is 17.0. The van der Waals surface area contributed by atoms with Gasteiger partial charge < -0.3 is 20.6 Å². The molecule has 114 valence electrons. The minimum Gasteiger partial charge on any atom is -0.482 e. The van der Waals surface area contributed by atoms with E-state index < -0.39 is 12.6 Å². The average molecular weight is 326 g/mol. The molecule has 0 fully saturated rings. The lowest BCUT2D eigenvalue weighted by atomic mass is 9.97. The van der Waals surface area contributed by atoms with Crippen molar-refractivity contribution in [3.8, 4) is 29.0 Å². The Morgan fingerprint density at radius 3 is 2.39 bits per heavy atom. The Morgan fingerprint density at radius 1 is 1.26 bits per heavy atom. The maximum absolute atomic E-state index is 10.5. The SMILES string of the molecule is N#Cc1c(N)[nH]c(=S)c(C#N)c1-c1ccc(OCC(=O)O)cc1. The van der Waals surface area contributed by atoms with Crippen molar-refractivity contribution < 1.29 is 14.6 Å². The van der Waals surface area contributed by atoms with Gasteiger partial charge in [0.05, 0.1) is 5.56 Å². The molecule has 0 radical (unpaired) electrons. The normalized spacial score (nSPS) is 9.65. The number of anilines is 1. The number of hydrogen-bond acceptors (Lipinski definition) is 6. The molecule has 1 heterocycles. The smallest absolute Gasteiger partial charge is 0.341 e. The fraction of sp³-hybridized carbons (Fsp3) is 0.0667. The second-order valence-electron chi connectivity index (χ2n) is 4.42. The number of H-pyrrole nitrogens is 1. The predicted molar refractivity (Wildman–Crippen MR) is 84.0 cm³/mol. The highest BCUT2D eigenvalue weighted by molar-refractivity contribution is 7.71. The van der Waals surface area contributed by atoms with Gasteiger partial charge in [0.2, 0.25) is 0 Å². The number of nitrogens with two attached hydrogens (primary N) is 1. The largest absolute Gasteiger partial charge is 0.482 e. The standard InChI is InChI=1S/C15H10N4O3S/c16-5-10-13(11(6-17)15(23)19-14(10)18)8-1-3-9(4-2-8)22-7-12(20)21/h1-4H,7H2,(H,20,21)(H3,18,19,23). The van der Waals surface area contributed by atoms with Crippen LogP contribution >= 0.6 is 12.2 Å². The lowest BCUT2D eigenvalue weighted by molar-refractivity contribution is -0.139. The summed E-state index contributed by atoms with van der Waals surface area (Å²) in [5.74, 6) is -0.658. The number of aromatic amines is 1. The Bertz CT molecular complexity index is 905. The molecule has 0 unspecified atom stereocenters. The van der Waals surface area contributed by atoms with Crippen LogP contribution in [-0.4, -0.2) is 22.7 Å². The maximum Gasteiger partial charge on any atom is 0.341 e. The van der Waals surface area contributed by atoms with Crippen molar-refractivity contribution in [2.24, 2.45) is 0 Å². The van der Waals surface area contributed by atoms with Crippen LogP contribution in [-0.2, 0) is 4.79 Å². The number of carboxylic acids is 1. The molecule has 0 atom stereocenters. The van der Waals surface area contributed by atoms with Crippen LogP contribution in [0.25, 0.3) is 11.1 Å². The van der Waals surface area contributed by atoms with Crippen LogP contribution in [0.3, 0.4) is 0 Å². The number of nitrogens with zero attached hydrogens (tertiary/aromatic N) is 2. The molecule has 0 aliphatic heterocycles. The van der Waals surface area contributed by atoms with E-state index in [1.54, 1.807) is 12.1 Å². The van der Waals surface area contributed by atoms with E-state index >= 15 is 0 Å². The summed E-state index contributed by atoms with van der Waals surface area (Å²) in [5.41, 5.74) is 6.91. The maximum atomic E-state index is 10.5. The lowest BCUT2D eigenvalue weighted by Crippen LogP contribution is -2.09. The van der Waals surface area contributed by atoms with Gasteiger partial charge in [-0.25, -0.2) is 4.79 Å². The number of ether oxygens (including phenoxy) is 1. The molecule has 2 rings (SSSR count). The van der Waals surface area contributed by atoms with Gasteiger partial charge in [-0.2, -0.15) is 10.5 Å². The van der Waals surface area contributed by atoms with E-state index in [-0.39, 0.29) is 21.6 Å². The van der Waals surface area contributed by atoms with Gasteiger partial charge >= 0.3 is 5.97 Å². The molecule has 0 saturated heterocycles. The number of benzene rings is 1. The molecule has 0 spiro atoms. The van der Waals surface area contributed by atoms with Gasteiger partial charge in [0.25, 0.3) is 0 Å². The van der Waals surface area contributed by atoms with E-state index in [9.17, 15) is 15.3 Å². The predicted octanol–water partition coefficient (Wildman–Crippen LogP) is 2.20. The molecule has 1 aromatic carbocycles. The highest BCUT2D eigenvalue weighted by atomic mass is 32.1. The van der Waals surface area contributed by atoms with E-state index in [2.05, 4.69) is 4.98 Å². The summed E-state index contributed by atoms with van der Waals surface area (Å²) < 4.78 is 5.18. The minimum atomic E-state index is -1.09. The van der Waals surface area contributed by atoms with Crippen LogP contribution in [0.5, 0.6) is 5.75 Å². The number of rotatable bonds is 4. The Hall–Kier alpha value is -3.36. The van der Waals surface area contributed by atoms with Gasteiger partial charge in [0.1, 0.15) is 33.9 Å². The number of aromatic nitrogens is 1. The fourth-order valence-electron chi connectivity index (χ4n) is 1.99. The summed E-state index contributed by atoms with van der Waals surface area (Å²) in [4.78, 5) is 13.1. The van der Waals surface area contributed by atoms with Crippen LogP contribution in [0.1, 0.15) is 11.1 Å². The fourth-order valence-corrected chi connectivity index (χ4v) is 2.25. The monoisotopic (exact) mass is 326 g/mol. The molecule has 0 saturated carbocycles. The molecule has 8 heteroatoms. The van der Waals surface area contributed by atoms with Crippen molar-refractivity contribution in [1.82, 2.24) is 4.98 Å². The Balaban J connectivity index is 2.55. The molecule has 7 nitrogen and oxygen atoms in total. The average Bonchev–Trinajstić information content (AvgIpc) is 2.53. The van der Waals surface area contributed by atoms with Gasteiger partial charge in [-0.15, -0.1) is 0 Å². The van der Waals surface area contributed by atoms with E-state index in [1.165, 1.54) is 12.1 Å². The van der Waals surface area contributed by atoms with Crippen molar-refractivity contribution in [1.29, 1.82) is 10.5 Å². The molecule has 1 aromatic heterocycles. The van der Waals surface area contributed by atoms with Crippen molar-refractivity contribution in [2.45, 2.75) is 0 Å². The van der Waals surface area contributed by atoms with Crippen molar-refractivity contribution >= 4 is 24.0 Å². The van der Waals surface area contributed by atoms with Gasteiger partial charge in [-0.05, 0) is 17.7 Å². The minimum absolute atomic E-state index is 0.0812. The summed E-state index contributed by atoms with van der Waals surface area (Å²) in [6.45, 7) is -0.463. The summed E-state index contributed by atoms with van der Waals surface area (Å²) in [6, 6.07) is 10.2. The van der Waals surface area contributed by atoms with E-state index in [0.717, 1.165) is 0 Å². The Kier molecular flexibility index (Phi) is 4.60. The van der Waals surface area contributed by atoms with Gasteiger partial charge in [-0.3, -0.25) is 0 Å². The number of carboxylic acid groups (broad SMARTS) is 1. The summed E-state index contributed by atoms with van der Waals surface area (Å²) in [7, 11) is 0. The van der Waals surface area contributed by atoms with Crippen LogP contribution < -0.4 is 10.5 Å². The Morgan fingerprint density at radius 2 is 1.87 bits per heavy atom. The molecule has 2 aromatic rings. The first-order valence-corrected chi connectivity index (χ1v) is 6.69. The first-order valence-electron chi connectivity index (χ1n) is 6.29. The summed E-state index contributed by atoms with van der Waals surface area (Å²) in [5, 5.41) is 27.2. The number of pyridine rings is 1. The van der Waals surface area contributed by atoms with Crippen LogP contribution in [0.4, 0.5) is 5.82 Å². The lowest BCUT2D eigenvalue weighted by Gasteiger charge is -2.10. The molecular formula is C15H10N4O3S. The molecule has 0 aliphatic rings. The third-order valence-corrected chi connectivity index (χ3v) is 3.28. The quantitative estimate of drug-likeness (QED) is 0.732. The first-order chi connectivity index (χ1) is 11.0. The first kappa shape index (κ1) is 16.0. The van der Waals surface area contributed by atoms with Gasteiger partial charge in [0.15, 0.2) is 6.61 Å². The summed E-state index contributed by atoms with van der Waals surface area (Å²) in [6.07, 6.45) is 0. The Labute approximate surface area is 136 Å². The number of nitrogens with one attached hydrogen (secondary N) is 1. The third kappa shape index (κ3) is 3.28. The van der Waals surface area contributed by atoms with Gasteiger partial charge in [0, 0.05) is 5.56 Å². The zero-order valence-electron chi connectivity index (χ0n) is 11.7. The second-order valence-corrected chi connectivity index (χ2v) is 4.83. The zero-order valence-corrected chi connectivity index (χ0v) is 12.5. The van der Waals surface area contributed by atoms with Crippen LogP contribution in [0.15, 0.2) is 24.3 Å². The molecular weight excluding hydrogens is 316 g/mol. The third-order valence-electron chi connectivity index (χ3n) is 2.97. The second kappa shape index (κ2) is 6.60. The van der Waals surface area contributed by atoms with Crippen molar-refractivity contribution in [3.05, 3.63) is 40.0 Å². The van der Waals surface area contributed by atoms with E-state index in [1.807, 2.05) is 12.1 Å². The molecule has 0 bridgehead atoms. The van der Waals surface area contributed by atoms with Crippen LogP contribution in [0.2, 0.25) is 0 Å². The van der Waals surface area contributed by atoms with Crippen molar-refractivity contribution in [2.75, 3.05) is 12.3 Å². The van der Waals surface area contributed by atoms with Crippen LogP contribution in [0, 0.1) is 27.3 Å². The highest BCUT2D eigenvalue weighted by Gasteiger charge is 2.16. The molecule has 4 N–H and O–H groups in total. The highest BCUT2D eigenvalue weighted by Crippen LogP contribution is 2.31.